The Labute approximate surface area is 76.4 Å². The second kappa shape index (κ2) is 8.75. The third kappa shape index (κ3) is 7.76. The second-order valence-corrected chi connectivity index (χ2v) is 3.25. The van der Waals surface area contributed by atoms with Crippen LogP contribution in [0.25, 0.3) is 0 Å². The lowest BCUT2D eigenvalue weighted by Gasteiger charge is -2.13. The van der Waals surface area contributed by atoms with Gasteiger partial charge in [-0.3, -0.25) is 0 Å². The van der Waals surface area contributed by atoms with Crippen molar-refractivity contribution < 1.29 is 0 Å². The van der Waals surface area contributed by atoms with E-state index in [-0.39, 0.29) is 0 Å². The molecule has 0 aliphatic carbocycles. The zero-order chi connectivity index (χ0) is 9.23. The molecule has 72 valence electrons. The Balaban J connectivity index is 3.02. The second-order valence-electron chi connectivity index (χ2n) is 3.25. The van der Waals surface area contributed by atoms with Gasteiger partial charge in [0.15, 0.2) is 0 Å². The van der Waals surface area contributed by atoms with Crippen molar-refractivity contribution in [2.45, 2.75) is 25.7 Å². The Morgan fingerprint density at radius 3 is 2.50 bits per heavy atom. The number of hydrogen-bond donors (Lipinski definition) is 1. The number of unbranched alkanes of at least 4 members (excludes halogenated alkanes) is 3. The first-order valence-electron chi connectivity index (χ1n) is 4.80. The van der Waals surface area contributed by atoms with Gasteiger partial charge in [-0.2, -0.15) is 0 Å². The first-order valence-corrected chi connectivity index (χ1v) is 4.80. The van der Waals surface area contributed by atoms with E-state index < -0.39 is 0 Å². The molecule has 0 aromatic heterocycles. The summed E-state index contributed by atoms with van der Waals surface area (Å²) in [6, 6.07) is 0. The lowest BCUT2D eigenvalue weighted by atomic mass is 10.2. The van der Waals surface area contributed by atoms with Crippen LogP contribution in [-0.2, 0) is 0 Å². The number of rotatable bonds is 8. The minimum atomic E-state index is 0.836. The average Bonchev–Trinajstić information content (AvgIpc) is 2.05. The molecule has 2 heteroatoms. The average molecular weight is 170 g/mol. The molecule has 0 radical (unpaired) electrons. The largest absolute Gasteiger partial charge is 0.330 e. The molecule has 0 atom stereocenters. The summed E-state index contributed by atoms with van der Waals surface area (Å²) in [5.74, 6) is 0. The minimum Gasteiger partial charge on any atom is -0.330 e. The molecule has 0 rings (SSSR count). The molecule has 0 saturated heterocycles. The molecule has 0 aliphatic heterocycles. The van der Waals surface area contributed by atoms with E-state index >= 15 is 0 Å². The smallest absolute Gasteiger partial charge is 0.0157 e. The Kier molecular flexibility index (Phi) is 8.51. The predicted molar refractivity (Wildman–Crippen MR) is 55.2 cm³/mol. The highest BCUT2D eigenvalue weighted by Gasteiger charge is 1.94. The van der Waals surface area contributed by atoms with Crippen LogP contribution >= 0.6 is 0 Å². The highest BCUT2D eigenvalue weighted by molar-refractivity contribution is 4.70. The molecule has 0 spiro atoms. The monoisotopic (exact) mass is 170 g/mol. The molecular weight excluding hydrogens is 148 g/mol. The Bertz CT molecular complexity index is 102. The Morgan fingerprint density at radius 2 is 1.92 bits per heavy atom. The van der Waals surface area contributed by atoms with Crippen molar-refractivity contribution in [2.24, 2.45) is 5.73 Å². The Hall–Kier alpha value is -0.340. The van der Waals surface area contributed by atoms with Gasteiger partial charge in [-0.25, -0.2) is 0 Å². The summed E-state index contributed by atoms with van der Waals surface area (Å²) in [6.45, 7) is 6.71. The number of nitrogens with zero attached hydrogens (tertiary/aromatic N) is 1. The van der Waals surface area contributed by atoms with Gasteiger partial charge in [-0.05, 0) is 33.0 Å². The normalized spacial score (nSPS) is 10.6. The van der Waals surface area contributed by atoms with Crippen molar-refractivity contribution in [2.75, 3.05) is 26.7 Å². The van der Waals surface area contributed by atoms with Crippen LogP contribution in [0.15, 0.2) is 12.7 Å². The summed E-state index contributed by atoms with van der Waals surface area (Å²) in [5.41, 5.74) is 5.39. The zero-order valence-corrected chi connectivity index (χ0v) is 8.26. The van der Waals surface area contributed by atoms with Crippen LogP contribution in [0.2, 0.25) is 0 Å². The Morgan fingerprint density at radius 1 is 1.25 bits per heavy atom. The molecular formula is C10H22N2. The van der Waals surface area contributed by atoms with Crippen LogP contribution in [0.4, 0.5) is 0 Å². The fraction of sp³-hybridized carbons (Fsp3) is 0.800. The van der Waals surface area contributed by atoms with Crippen molar-refractivity contribution >= 4 is 0 Å². The third-order valence-electron chi connectivity index (χ3n) is 1.93. The van der Waals surface area contributed by atoms with Crippen LogP contribution in [0.3, 0.4) is 0 Å². The summed E-state index contributed by atoms with van der Waals surface area (Å²) in [6.07, 6.45) is 6.98. The maximum atomic E-state index is 5.39. The van der Waals surface area contributed by atoms with Gasteiger partial charge in [0.25, 0.3) is 0 Å². The fourth-order valence-electron chi connectivity index (χ4n) is 1.19. The van der Waals surface area contributed by atoms with Gasteiger partial charge in [0.05, 0.1) is 0 Å². The summed E-state index contributed by atoms with van der Waals surface area (Å²) < 4.78 is 0. The maximum absolute atomic E-state index is 5.39. The lowest BCUT2D eigenvalue weighted by molar-refractivity contribution is 0.357. The standard InChI is InChI=1S/C10H22N2/c1-3-9-12(2)10-7-5-4-6-8-11/h3H,1,4-11H2,2H3. The summed E-state index contributed by atoms with van der Waals surface area (Å²) >= 11 is 0. The van der Waals surface area contributed by atoms with Crippen LogP contribution < -0.4 is 5.73 Å². The molecule has 12 heavy (non-hydrogen) atoms. The molecule has 0 aromatic rings. The van der Waals surface area contributed by atoms with Crippen molar-refractivity contribution in [1.29, 1.82) is 0 Å². The molecule has 0 aliphatic rings. The van der Waals surface area contributed by atoms with E-state index in [1.165, 1.54) is 32.2 Å². The van der Waals surface area contributed by atoms with E-state index in [1.807, 2.05) is 6.08 Å². The zero-order valence-electron chi connectivity index (χ0n) is 8.26. The third-order valence-corrected chi connectivity index (χ3v) is 1.93. The van der Waals surface area contributed by atoms with Crippen molar-refractivity contribution in [3.05, 3.63) is 12.7 Å². The molecule has 0 heterocycles. The van der Waals surface area contributed by atoms with Crippen molar-refractivity contribution in [3.8, 4) is 0 Å². The van der Waals surface area contributed by atoms with E-state index in [2.05, 4.69) is 18.5 Å². The lowest BCUT2D eigenvalue weighted by Crippen LogP contribution is -2.19. The molecule has 0 unspecified atom stereocenters. The fourth-order valence-corrected chi connectivity index (χ4v) is 1.19. The van der Waals surface area contributed by atoms with E-state index in [4.69, 9.17) is 5.73 Å². The van der Waals surface area contributed by atoms with E-state index in [0.717, 1.165) is 13.1 Å². The van der Waals surface area contributed by atoms with Gasteiger partial charge in [0.1, 0.15) is 0 Å². The maximum Gasteiger partial charge on any atom is 0.0157 e. The van der Waals surface area contributed by atoms with Gasteiger partial charge in [0, 0.05) is 6.54 Å². The summed E-state index contributed by atoms with van der Waals surface area (Å²) in [4.78, 5) is 2.29. The topological polar surface area (TPSA) is 29.3 Å². The van der Waals surface area contributed by atoms with Crippen LogP contribution in [0.5, 0.6) is 0 Å². The first kappa shape index (κ1) is 11.7. The summed E-state index contributed by atoms with van der Waals surface area (Å²) in [7, 11) is 2.13. The van der Waals surface area contributed by atoms with E-state index in [1.54, 1.807) is 0 Å². The highest BCUT2D eigenvalue weighted by atomic mass is 15.1. The molecule has 0 bridgehead atoms. The van der Waals surface area contributed by atoms with E-state index in [0.29, 0.717) is 0 Å². The molecule has 0 saturated carbocycles. The van der Waals surface area contributed by atoms with E-state index in [9.17, 15) is 0 Å². The quantitative estimate of drug-likeness (QED) is 0.443. The van der Waals surface area contributed by atoms with Crippen molar-refractivity contribution in [3.63, 3.8) is 0 Å². The van der Waals surface area contributed by atoms with Crippen LogP contribution in [-0.4, -0.2) is 31.6 Å². The molecule has 0 fully saturated rings. The van der Waals surface area contributed by atoms with Gasteiger partial charge < -0.3 is 10.6 Å². The van der Waals surface area contributed by atoms with Crippen molar-refractivity contribution in [1.82, 2.24) is 4.90 Å². The van der Waals surface area contributed by atoms with Crippen LogP contribution in [0, 0.1) is 0 Å². The molecule has 2 nitrogen and oxygen atoms in total. The highest BCUT2D eigenvalue weighted by Crippen LogP contribution is 1.99. The number of nitrogens with two attached hydrogens (primary N) is 1. The SMILES string of the molecule is C=CCN(C)CCCCCCN. The van der Waals surface area contributed by atoms with Gasteiger partial charge in [0.2, 0.25) is 0 Å². The van der Waals surface area contributed by atoms with Gasteiger partial charge in [-0.1, -0.05) is 18.9 Å². The van der Waals surface area contributed by atoms with Gasteiger partial charge in [-0.15, -0.1) is 6.58 Å². The predicted octanol–water partition coefficient (Wildman–Crippen LogP) is 1.62. The van der Waals surface area contributed by atoms with Gasteiger partial charge >= 0.3 is 0 Å². The first-order chi connectivity index (χ1) is 5.81. The van der Waals surface area contributed by atoms with Crippen LogP contribution in [0.1, 0.15) is 25.7 Å². The molecule has 0 aromatic carbocycles. The molecule has 2 N–H and O–H groups in total. The number of likely N-dealkylation sites (N-methyl/N-ethyl adjacent to an activating group) is 1. The minimum absolute atomic E-state index is 0.836. The number of hydrogen-bond acceptors (Lipinski definition) is 2. The summed E-state index contributed by atoms with van der Waals surface area (Å²) in [5, 5.41) is 0. The molecule has 0 amide bonds.